The maximum Gasteiger partial charge on any atom is 0.178 e. The molecule has 7 aliphatic rings. The molecule has 1 spiro atoms. The van der Waals surface area contributed by atoms with Crippen molar-refractivity contribution in [2.75, 3.05) is 0 Å². The van der Waals surface area contributed by atoms with Crippen molar-refractivity contribution in [3.8, 4) is 112 Å². The van der Waals surface area contributed by atoms with Crippen molar-refractivity contribution in [2.24, 2.45) is 0 Å². The van der Waals surface area contributed by atoms with Crippen LogP contribution < -0.4 is 14.2 Å². The van der Waals surface area contributed by atoms with E-state index in [4.69, 9.17) is 27.5 Å². The number of para-hydroxylation sites is 3. The summed E-state index contributed by atoms with van der Waals surface area (Å²) in [6.07, 6.45) is 0. The van der Waals surface area contributed by atoms with Gasteiger partial charge in [-0.2, -0.15) is 0 Å². The molecule has 0 saturated heterocycles. The lowest BCUT2D eigenvalue weighted by Gasteiger charge is -2.35. The Morgan fingerprint density at radius 1 is 0.164 bits per heavy atom. The summed E-state index contributed by atoms with van der Waals surface area (Å²) in [5.41, 5.74) is 41.4. The van der Waals surface area contributed by atoms with Crippen LogP contribution in [-0.4, -0.2) is 0 Å². The van der Waals surface area contributed by atoms with Gasteiger partial charge in [0.25, 0.3) is 0 Å². The van der Waals surface area contributed by atoms with Crippen molar-refractivity contribution >= 4 is 65.8 Å². The molecule has 0 radical (unpaired) electrons. The van der Waals surface area contributed by atoms with Gasteiger partial charge in [0.2, 0.25) is 0 Å². The van der Waals surface area contributed by atoms with Gasteiger partial charge in [-0.3, -0.25) is 0 Å². The van der Waals surface area contributed by atoms with Gasteiger partial charge in [0.1, 0.15) is 34.0 Å². The molecule has 134 heavy (non-hydrogen) atoms. The minimum Gasteiger partial charge on any atom is -0.453 e. The van der Waals surface area contributed by atoms with Gasteiger partial charge in [0, 0.05) is 87.4 Å². The number of ether oxygens (including phenoxy) is 3. The molecule has 3 aliphatic heterocycles. The number of rotatable bonds is 5. The molecule has 3 aromatic heterocycles. The summed E-state index contributed by atoms with van der Waals surface area (Å²) in [4.78, 5) is 0. The molecule has 22 aromatic rings. The van der Waals surface area contributed by atoms with Crippen molar-refractivity contribution < 1.29 is 27.5 Å². The monoisotopic (exact) mass is 1720 g/mol. The van der Waals surface area contributed by atoms with E-state index in [1.165, 1.54) is 134 Å². The highest BCUT2D eigenvalue weighted by Crippen LogP contribution is 2.66. The fourth-order valence-electron chi connectivity index (χ4n) is 24.5. The maximum atomic E-state index is 6.85. The molecular formula is C128H90O6. The van der Waals surface area contributed by atoms with Crippen LogP contribution in [0.2, 0.25) is 0 Å². The number of fused-ring (bicyclic) bond motifs is 34. The second-order valence-corrected chi connectivity index (χ2v) is 39.4. The summed E-state index contributed by atoms with van der Waals surface area (Å²) in [7, 11) is 0. The summed E-state index contributed by atoms with van der Waals surface area (Å²) in [6.45, 7) is 18.4. The van der Waals surface area contributed by atoms with Crippen LogP contribution in [0.5, 0.6) is 34.5 Å². The molecule has 0 saturated carbocycles. The van der Waals surface area contributed by atoms with Crippen LogP contribution in [0.15, 0.2) is 414 Å². The van der Waals surface area contributed by atoms with Crippen LogP contribution in [0.25, 0.3) is 144 Å². The van der Waals surface area contributed by atoms with E-state index in [0.29, 0.717) is 0 Å². The fraction of sp³-hybridized carbons (Fsp3) is 0.109. The molecule has 19 aromatic carbocycles. The number of hydrogen-bond acceptors (Lipinski definition) is 6. The molecule has 0 bridgehead atoms. The zero-order valence-corrected chi connectivity index (χ0v) is 75.6. The SMILES string of the molecule is CC1(C)c2cc(-c3ccc4c(c3)C3(c5ccccc5-c5ccccc53)c3ccccc3-4)ccc2Oc2c1ccc1c2oc2ccccc21.CC1(C)c2ccc(-c3ccc4c(c3)C(c3ccccc3)(c3ccccc3)c3ccccc3-4)cc2Oc2c1ccc1c2oc2ccccc21.CC1(C)c2ccccc2-c2ccc(-c3ccc4c(c3)Oc3c(ccc5c3oc3ccccc35)C4(C)C)cc21. The minimum atomic E-state index is -0.441. The first-order valence-electron chi connectivity index (χ1n) is 46.8. The van der Waals surface area contributed by atoms with Crippen LogP contribution in [0, 0.1) is 0 Å². The van der Waals surface area contributed by atoms with Gasteiger partial charge < -0.3 is 27.5 Å². The predicted octanol–water partition coefficient (Wildman–Crippen LogP) is 34.1. The summed E-state index contributed by atoms with van der Waals surface area (Å²) >= 11 is 0. The third-order valence-electron chi connectivity index (χ3n) is 31.2. The van der Waals surface area contributed by atoms with Crippen molar-refractivity contribution in [2.45, 2.75) is 87.9 Å². The zero-order chi connectivity index (χ0) is 89.6. The lowest BCUT2D eigenvalue weighted by atomic mass is 9.67. The van der Waals surface area contributed by atoms with Gasteiger partial charge in [-0.15, -0.1) is 0 Å². The Morgan fingerprint density at radius 2 is 0.433 bits per heavy atom. The number of furan rings is 3. The standard InChI is InChI=1S/C46H30O2.C46H32O2.C36H28O2/c1-45(2)38-23-22-34-33-14-6-10-18-41(33)47-43(34)44(38)48-42-24-20-28(26-40(42)45)27-19-21-32-31-13-5-9-17-37(31)46(39(32)25-27)35-15-7-3-11-29(35)30-12-4-8-16-36(30)46;1-45(2)38-25-22-30(28-42(38)48-44-39(45)26-24-36-35-18-10-12-20-41(35)47-43(36)44)29-21-23-34-33-17-9-11-19-37(33)46(40(34)27-29,31-13-5-3-6-14-31)32-15-7-4-8-16-32;1-35(2)27-11-7-5-9-23(27)24-15-13-21(19-30(24)35)22-14-17-28-32(20-22)38-34-29(36(28,3)4)18-16-26-25-10-6-8-12-31(25)37-33(26)34/h3-26H,1-2H3;3-28H,1-2H3;5-20H,1-4H3. The van der Waals surface area contributed by atoms with Gasteiger partial charge in [0.05, 0.1) is 10.8 Å². The third kappa shape index (κ3) is 10.8. The Morgan fingerprint density at radius 3 is 0.843 bits per heavy atom. The minimum absolute atomic E-state index is 0.0273. The van der Waals surface area contributed by atoms with E-state index in [0.717, 1.165) is 134 Å². The Hall–Kier alpha value is -16.0. The summed E-state index contributed by atoms with van der Waals surface area (Å²) in [5, 5.41) is 6.60. The third-order valence-corrected chi connectivity index (χ3v) is 31.2. The number of hydrogen-bond donors (Lipinski definition) is 0. The van der Waals surface area contributed by atoms with Gasteiger partial charge in [-0.1, -0.05) is 377 Å². The van der Waals surface area contributed by atoms with E-state index >= 15 is 0 Å². The highest BCUT2D eigenvalue weighted by Gasteiger charge is 2.53. The maximum absolute atomic E-state index is 6.85. The summed E-state index contributed by atoms with van der Waals surface area (Å²) < 4.78 is 39.5. The normalized spacial score (nSPS) is 15.4. The molecule has 6 nitrogen and oxygen atoms in total. The van der Waals surface area contributed by atoms with Crippen LogP contribution in [0.3, 0.4) is 0 Å². The van der Waals surface area contributed by atoms with Crippen molar-refractivity contribution in [3.63, 3.8) is 0 Å². The zero-order valence-electron chi connectivity index (χ0n) is 75.6. The topological polar surface area (TPSA) is 67.1 Å². The molecular weight excluding hydrogens is 1630 g/mol. The molecule has 4 aliphatic carbocycles. The second-order valence-electron chi connectivity index (χ2n) is 39.4. The Bertz CT molecular complexity index is 8700. The fourth-order valence-corrected chi connectivity index (χ4v) is 24.5. The van der Waals surface area contributed by atoms with Crippen LogP contribution >= 0.6 is 0 Å². The lowest BCUT2D eigenvalue weighted by Crippen LogP contribution is -2.28. The van der Waals surface area contributed by atoms with Crippen LogP contribution in [-0.2, 0) is 32.5 Å². The first-order chi connectivity index (χ1) is 65.4. The molecule has 0 unspecified atom stereocenters. The first-order valence-corrected chi connectivity index (χ1v) is 46.8. The van der Waals surface area contributed by atoms with Crippen molar-refractivity contribution in [1.29, 1.82) is 0 Å². The molecule has 638 valence electrons. The molecule has 0 atom stereocenters. The smallest absolute Gasteiger partial charge is 0.178 e. The van der Waals surface area contributed by atoms with E-state index in [9.17, 15) is 0 Å². The van der Waals surface area contributed by atoms with E-state index in [1.54, 1.807) is 0 Å². The summed E-state index contributed by atoms with van der Waals surface area (Å²) in [6, 6.07) is 146. The molecule has 29 rings (SSSR count). The highest BCUT2D eigenvalue weighted by molar-refractivity contribution is 6.11. The van der Waals surface area contributed by atoms with E-state index < -0.39 is 5.41 Å². The Balaban J connectivity index is 0.000000103. The van der Waals surface area contributed by atoms with Crippen LogP contribution in [0.1, 0.15) is 144 Å². The van der Waals surface area contributed by atoms with Gasteiger partial charge >= 0.3 is 0 Å². The Labute approximate surface area is 777 Å². The number of benzene rings is 19. The molecule has 6 heterocycles. The lowest BCUT2D eigenvalue weighted by molar-refractivity contribution is 0.415. The molecule has 0 amide bonds. The molecule has 0 fully saturated rings. The predicted molar refractivity (Wildman–Crippen MR) is 545 cm³/mol. The van der Waals surface area contributed by atoms with Gasteiger partial charge in [-0.25, -0.2) is 0 Å². The van der Waals surface area contributed by atoms with Gasteiger partial charge in [0.15, 0.2) is 34.0 Å². The Kier molecular flexibility index (Phi) is 16.4. The van der Waals surface area contributed by atoms with Crippen molar-refractivity contribution in [3.05, 3.63) is 489 Å². The highest BCUT2D eigenvalue weighted by atomic mass is 16.5. The molecule has 6 heteroatoms. The van der Waals surface area contributed by atoms with E-state index in [1.807, 2.05) is 36.4 Å². The largest absolute Gasteiger partial charge is 0.453 e. The summed E-state index contributed by atoms with van der Waals surface area (Å²) in [5.74, 6) is 5.13. The van der Waals surface area contributed by atoms with Crippen molar-refractivity contribution in [1.82, 2.24) is 0 Å². The van der Waals surface area contributed by atoms with E-state index in [2.05, 4.69) is 419 Å². The quantitative estimate of drug-likeness (QED) is 0.171. The van der Waals surface area contributed by atoms with Gasteiger partial charge in [-0.05, 0) is 212 Å². The van der Waals surface area contributed by atoms with E-state index in [-0.39, 0.29) is 27.1 Å². The average Bonchev–Trinajstić information content (AvgIpc) is 1.53. The second kappa shape index (κ2) is 28.3. The average molecular weight is 1720 g/mol. The van der Waals surface area contributed by atoms with Crippen LogP contribution in [0.4, 0.5) is 0 Å². The first kappa shape index (κ1) is 77.9. The molecule has 0 N–H and O–H groups in total.